The lowest BCUT2D eigenvalue weighted by Gasteiger charge is -2.34. The minimum absolute atomic E-state index is 0.393. The molecule has 2 saturated heterocycles. The molecule has 6 nitrogen and oxygen atoms in total. The van der Waals surface area contributed by atoms with E-state index in [1.807, 2.05) is 0 Å². The lowest BCUT2D eigenvalue weighted by atomic mass is 10.1. The second-order valence-electron chi connectivity index (χ2n) is 7.02. The second kappa shape index (κ2) is 10.9. The summed E-state index contributed by atoms with van der Waals surface area (Å²) in [4.78, 5) is 9.71. The number of aliphatic imine (C=N–C) groups is 1. The van der Waals surface area contributed by atoms with Gasteiger partial charge >= 0.3 is 0 Å². The fraction of sp³-hybridized carbons (Fsp3) is 0.944. The largest absolute Gasteiger partial charge is 0.385 e. The van der Waals surface area contributed by atoms with Crippen molar-refractivity contribution in [3.05, 3.63) is 0 Å². The van der Waals surface area contributed by atoms with Crippen LogP contribution in [-0.2, 0) is 9.47 Å². The maximum absolute atomic E-state index is 5.95. The maximum atomic E-state index is 5.95. The third kappa shape index (κ3) is 6.57. The van der Waals surface area contributed by atoms with Crippen molar-refractivity contribution in [3.63, 3.8) is 0 Å². The van der Waals surface area contributed by atoms with Crippen molar-refractivity contribution >= 4 is 5.96 Å². The van der Waals surface area contributed by atoms with E-state index in [1.165, 1.54) is 19.5 Å². The number of rotatable bonds is 8. The Hall–Kier alpha value is -0.850. The Morgan fingerprint density at radius 2 is 1.96 bits per heavy atom. The van der Waals surface area contributed by atoms with Gasteiger partial charge in [-0.25, -0.2) is 0 Å². The van der Waals surface area contributed by atoms with E-state index in [-0.39, 0.29) is 0 Å². The van der Waals surface area contributed by atoms with Crippen LogP contribution in [-0.4, -0.2) is 88.5 Å². The topological polar surface area (TPSA) is 49.3 Å². The van der Waals surface area contributed by atoms with Gasteiger partial charge in [-0.1, -0.05) is 0 Å². The van der Waals surface area contributed by atoms with E-state index in [4.69, 9.17) is 14.5 Å². The van der Waals surface area contributed by atoms with Crippen LogP contribution >= 0.6 is 0 Å². The van der Waals surface area contributed by atoms with Crippen LogP contribution in [0.3, 0.4) is 0 Å². The molecule has 2 aliphatic heterocycles. The molecule has 0 bridgehead atoms. The molecule has 0 radical (unpaired) electrons. The number of hydrogen-bond donors (Lipinski definition) is 1. The normalized spacial score (nSPS) is 23.9. The zero-order chi connectivity index (χ0) is 17.2. The monoisotopic (exact) mass is 340 g/mol. The maximum Gasteiger partial charge on any atom is 0.193 e. The second-order valence-corrected chi connectivity index (χ2v) is 7.02. The van der Waals surface area contributed by atoms with E-state index < -0.39 is 0 Å². The summed E-state index contributed by atoms with van der Waals surface area (Å²) >= 11 is 0. The van der Waals surface area contributed by atoms with Crippen LogP contribution in [0, 0.1) is 5.92 Å². The number of piperidine rings is 1. The minimum Gasteiger partial charge on any atom is -0.385 e. The van der Waals surface area contributed by atoms with Gasteiger partial charge < -0.3 is 24.6 Å². The lowest BCUT2D eigenvalue weighted by Crippen LogP contribution is -2.47. The number of nitrogens with one attached hydrogen (secondary N) is 1. The first-order valence-corrected chi connectivity index (χ1v) is 9.55. The van der Waals surface area contributed by atoms with Gasteiger partial charge in [0.1, 0.15) is 0 Å². The van der Waals surface area contributed by atoms with Gasteiger partial charge in [-0.05, 0) is 52.1 Å². The summed E-state index contributed by atoms with van der Waals surface area (Å²) in [5.41, 5.74) is 0. The summed E-state index contributed by atoms with van der Waals surface area (Å²) in [5.74, 6) is 1.80. The summed E-state index contributed by atoms with van der Waals surface area (Å²) in [6, 6.07) is 0. The number of guanidine groups is 1. The predicted molar refractivity (Wildman–Crippen MR) is 98.6 cm³/mol. The molecule has 1 unspecified atom stereocenters. The minimum atomic E-state index is 0.393. The highest BCUT2D eigenvalue weighted by Gasteiger charge is 2.23. The average Bonchev–Trinajstić information content (AvgIpc) is 3.01. The van der Waals surface area contributed by atoms with Crippen LogP contribution in [0.5, 0.6) is 0 Å². The van der Waals surface area contributed by atoms with Gasteiger partial charge in [0, 0.05) is 53.0 Å². The molecule has 2 heterocycles. The molecule has 0 amide bonds. The zero-order valence-electron chi connectivity index (χ0n) is 15.8. The van der Waals surface area contributed by atoms with Gasteiger partial charge in [-0.3, -0.25) is 4.99 Å². The Kier molecular flexibility index (Phi) is 8.84. The fourth-order valence-corrected chi connectivity index (χ4v) is 3.50. The molecule has 2 fully saturated rings. The van der Waals surface area contributed by atoms with Crippen molar-refractivity contribution in [3.8, 4) is 0 Å². The third-order valence-electron chi connectivity index (χ3n) is 4.91. The van der Waals surface area contributed by atoms with Crippen molar-refractivity contribution in [1.82, 2.24) is 15.1 Å². The Morgan fingerprint density at radius 3 is 2.58 bits per heavy atom. The van der Waals surface area contributed by atoms with Crippen LogP contribution in [0.2, 0.25) is 0 Å². The summed E-state index contributed by atoms with van der Waals surface area (Å²) in [5, 5.41) is 3.47. The van der Waals surface area contributed by atoms with Gasteiger partial charge in [-0.2, -0.15) is 0 Å². The number of nitrogens with zero attached hydrogens (tertiary/aromatic N) is 3. The molecule has 2 rings (SSSR count). The first-order chi connectivity index (χ1) is 11.7. The summed E-state index contributed by atoms with van der Waals surface area (Å²) in [7, 11) is 3.94. The smallest absolute Gasteiger partial charge is 0.193 e. The molecule has 24 heavy (non-hydrogen) atoms. The van der Waals surface area contributed by atoms with Crippen LogP contribution < -0.4 is 5.32 Å². The molecular formula is C18H36N4O2. The predicted octanol–water partition coefficient (Wildman–Crippen LogP) is 1.42. The molecule has 140 valence electrons. The van der Waals surface area contributed by atoms with Crippen molar-refractivity contribution in [2.75, 3.05) is 66.6 Å². The van der Waals surface area contributed by atoms with E-state index in [2.05, 4.69) is 29.1 Å². The van der Waals surface area contributed by atoms with Crippen molar-refractivity contribution in [2.45, 2.75) is 38.7 Å². The first-order valence-electron chi connectivity index (χ1n) is 9.55. The zero-order valence-corrected chi connectivity index (χ0v) is 15.8. The fourth-order valence-electron chi connectivity index (χ4n) is 3.50. The van der Waals surface area contributed by atoms with E-state index in [9.17, 15) is 0 Å². The van der Waals surface area contributed by atoms with Crippen LogP contribution in [0.25, 0.3) is 0 Å². The standard InChI is InChI=1S/C18H36N4O2/c1-4-19-18(20-14-16-6-9-21(2)15-16)22-10-7-17(8-11-22)24-13-5-12-23-3/h16-17H,4-15H2,1-3H3,(H,19,20). The van der Waals surface area contributed by atoms with Crippen LogP contribution in [0.15, 0.2) is 4.99 Å². The molecule has 0 aliphatic carbocycles. The van der Waals surface area contributed by atoms with Crippen molar-refractivity contribution < 1.29 is 9.47 Å². The molecule has 0 aromatic carbocycles. The molecule has 0 aromatic rings. The van der Waals surface area contributed by atoms with Crippen molar-refractivity contribution in [1.29, 1.82) is 0 Å². The Labute approximate surface area is 147 Å². The molecule has 6 heteroatoms. The highest BCUT2D eigenvalue weighted by atomic mass is 16.5. The molecule has 0 spiro atoms. The van der Waals surface area contributed by atoms with E-state index in [0.717, 1.165) is 64.6 Å². The van der Waals surface area contributed by atoms with Gasteiger partial charge in [0.15, 0.2) is 5.96 Å². The van der Waals surface area contributed by atoms with Crippen LogP contribution in [0.1, 0.15) is 32.6 Å². The van der Waals surface area contributed by atoms with E-state index in [0.29, 0.717) is 12.0 Å². The Bertz CT molecular complexity index is 370. The quantitative estimate of drug-likeness (QED) is 0.411. The van der Waals surface area contributed by atoms with Crippen molar-refractivity contribution in [2.24, 2.45) is 10.9 Å². The Morgan fingerprint density at radius 1 is 1.17 bits per heavy atom. The van der Waals surface area contributed by atoms with Gasteiger partial charge in [0.25, 0.3) is 0 Å². The summed E-state index contributed by atoms with van der Waals surface area (Å²) in [6.07, 6.45) is 4.82. The number of hydrogen-bond acceptors (Lipinski definition) is 4. The average molecular weight is 341 g/mol. The molecule has 1 N–H and O–H groups in total. The number of ether oxygens (including phenoxy) is 2. The molecule has 2 aliphatic rings. The highest BCUT2D eigenvalue weighted by Crippen LogP contribution is 2.16. The molecule has 0 aromatic heterocycles. The first kappa shape index (κ1) is 19.5. The summed E-state index contributed by atoms with van der Waals surface area (Å²) < 4.78 is 11.0. The van der Waals surface area contributed by atoms with Gasteiger partial charge in [0.2, 0.25) is 0 Å². The van der Waals surface area contributed by atoms with Crippen LogP contribution in [0.4, 0.5) is 0 Å². The summed E-state index contributed by atoms with van der Waals surface area (Å²) in [6.45, 7) is 10.1. The number of likely N-dealkylation sites (tertiary alicyclic amines) is 2. The molecular weight excluding hydrogens is 304 g/mol. The van der Waals surface area contributed by atoms with Gasteiger partial charge in [0.05, 0.1) is 6.10 Å². The van der Waals surface area contributed by atoms with E-state index in [1.54, 1.807) is 7.11 Å². The molecule has 0 saturated carbocycles. The Balaban J connectivity index is 1.73. The number of methoxy groups -OCH3 is 1. The molecule has 1 atom stereocenters. The van der Waals surface area contributed by atoms with E-state index >= 15 is 0 Å². The highest BCUT2D eigenvalue weighted by molar-refractivity contribution is 5.80. The SMILES string of the molecule is CCNC(=NCC1CCN(C)C1)N1CCC(OCCCOC)CC1. The lowest BCUT2D eigenvalue weighted by molar-refractivity contribution is 0.00989. The third-order valence-corrected chi connectivity index (χ3v) is 4.91. The van der Waals surface area contributed by atoms with Gasteiger partial charge in [-0.15, -0.1) is 0 Å².